The molecule has 0 aliphatic rings. The van der Waals surface area contributed by atoms with E-state index in [9.17, 15) is 0 Å². The average molecular weight is 191 g/mol. The van der Waals surface area contributed by atoms with E-state index in [-0.39, 0.29) is 6.61 Å². The molecule has 1 aromatic heterocycles. The summed E-state index contributed by atoms with van der Waals surface area (Å²) in [4.78, 5) is 8.33. The Labute approximate surface area is 83.2 Å². The molecule has 0 aliphatic carbocycles. The van der Waals surface area contributed by atoms with E-state index in [1.54, 1.807) is 13.0 Å². The summed E-state index contributed by atoms with van der Waals surface area (Å²) in [6.07, 6.45) is 0.805. The van der Waals surface area contributed by atoms with E-state index in [0.29, 0.717) is 11.5 Å². The average Bonchev–Trinajstić information content (AvgIpc) is 2.19. The summed E-state index contributed by atoms with van der Waals surface area (Å²) in [7, 11) is 0. The summed E-state index contributed by atoms with van der Waals surface area (Å²) >= 11 is 0. The Morgan fingerprint density at radius 3 is 2.79 bits per heavy atom. The monoisotopic (exact) mass is 191 g/mol. The number of hydrogen-bond acceptors (Lipinski definition) is 4. The third-order valence-electron chi connectivity index (χ3n) is 1.97. The smallest absolute Gasteiger partial charge is 0.125 e. The predicted molar refractivity (Wildman–Crippen MR) is 51.6 cm³/mol. The molecule has 0 spiro atoms. The van der Waals surface area contributed by atoms with E-state index in [1.165, 1.54) is 0 Å². The van der Waals surface area contributed by atoms with Gasteiger partial charge >= 0.3 is 0 Å². The van der Waals surface area contributed by atoms with E-state index >= 15 is 0 Å². The van der Waals surface area contributed by atoms with Crippen molar-refractivity contribution in [2.24, 2.45) is 0 Å². The number of nitriles is 1. The summed E-state index contributed by atoms with van der Waals surface area (Å²) in [5.74, 6) is 0.107. The molecule has 1 unspecified atom stereocenters. The van der Waals surface area contributed by atoms with Gasteiger partial charge in [-0.25, -0.2) is 9.97 Å². The second kappa shape index (κ2) is 4.68. The van der Waals surface area contributed by atoms with Crippen LogP contribution in [0.4, 0.5) is 0 Å². The SMILES string of the molecule is CCc1cc(C(C#N)CO)nc(C)n1. The number of hydrogen-bond donors (Lipinski definition) is 1. The van der Waals surface area contributed by atoms with Crippen molar-refractivity contribution in [1.29, 1.82) is 5.26 Å². The Morgan fingerprint density at radius 1 is 1.57 bits per heavy atom. The lowest BCUT2D eigenvalue weighted by Gasteiger charge is -2.07. The minimum Gasteiger partial charge on any atom is -0.395 e. The minimum absolute atomic E-state index is 0.198. The summed E-state index contributed by atoms with van der Waals surface area (Å²) in [5.41, 5.74) is 1.51. The van der Waals surface area contributed by atoms with Crippen LogP contribution in [-0.4, -0.2) is 21.7 Å². The van der Waals surface area contributed by atoms with E-state index < -0.39 is 5.92 Å². The normalized spacial score (nSPS) is 12.1. The van der Waals surface area contributed by atoms with Crippen LogP contribution >= 0.6 is 0 Å². The van der Waals surface area contributed by atoms with Crippen LogP contribution in [0.2, 0.25) is 0 Å². The maximum Gasteiger partial charge on any atom is 0.125 e. The van der Waals surface area contributed by atoms with Crippen LogP contribution in [0, 0.1) is 18.3 Å². The first kappa shape index (κ1) is 10.6. The summed E-state index contributed by atoms with van der Waals surface area (Å²) in [6.45, 7) is 3.58. The van der Waals surface area contributed by atoms with E-state index in [0.717, 1.165) is 12.1 Å². The van der Waals surface area contributed by atoms with Gasteiger partial charge in [-0.2, -0.15) is 5.26 Å². The van der Waals surface area contributed by atoms with E-state index in [2.05, 4.69) is 9.97 Å². The number of aryl methyl sites for hydroxylation is 2. The van der Waals surface area contributed by atoms with Crippen LogP contribution in [0.15, 0.2) is 6.07 Å². The molecule has 1 rings (SSSR count). The molecule has 1 aromatic rings. The first-order chi connectivity index (χ1) is 6.71. The van der Waals surface area contributed by atoms with Gasteiger partial charge in [-0.05, 0) is 19.4 Å². The standard InChI is InChI=1S/C10H13N3O/c1-3-9-4-10(8(5-11)6-14)13-7(2)12-9/h4,8,14H,3,6H2,1-2H3. The number of aliphatic hydroxyl groups is 1. The third-order valence-corrected chi connectivity index (χ3v) is 1.97. The number of aliphatic hydroxyl groups excluding tert-OH is 1. The Kier molecular flexibility index (Phi) is 3.55. The van der Waals surface area contributed by atoms with Crippen LogP contribution < -0.4 is 0 Å². The first-order valence-electron chi connectivity index (χ1n) is 4.56. The van der Waals surface area contributed by atoms with E-state index in [4.69, 9.17) is 10.4 Å². The molecule has 1 heterocycles. The molecule has 4 nitrogen and oxygen atoms in total. The van der Waals surface area contributed by atoms with Gasteiger partial charge in [0.2, 0.25) is 0 Å². The fraction of sp³-hybridized carbons (Fsp3) is 0.500. The third kappa shape index (κ3) is 2.27. The number of aromatic nitrogens is 2. The molecule has 0 bridgehead atoms. The van der Waals surface area contributed by atoms with Crippen molar-refractivity contribution in [1.82, 2.24) is 9.97 Å². The van der Waals surface area contributed by atoms with Crippen molar-refractivity contribution in [2.45, 2.75) is 26.2 Å². The molecule has 0 aliphatic heterocycles. The lowest BCUT2D eigenvalue weighted by Crippen LogP contribution is -2.07. The first-order valence-corrected chi connectivity index (χ1v) is 4.56. The second-order valence-corrected chi connectivity index (χ2v) is 3.05. The summed E-state index contributed by atoms with van der Waals surface area (Å²) in [6, 6.07) is 3.78. The molecule has 0 aromatic carbocycles. The van der Waals surface area contributed by atoms with Crippen molar-refractivity contribution in [3.05, 3.63) is 23.3 Å². The van der Waals surface area contributed by atoms with Crippen LogP contribution in [0.3, 0.4) is 0 Å². The molecule has 0 radical (unpaired) electrons. The van der Waals surface area contributed by atoms with Gasteiger partial charge < -0.3 is 5.11 Å². The molecular weight excluding hydrogens is 178 g/mol. The summed E-state index contributed by atoms with van der Waals surface area (Å²) < 4.78 is 0. The van der Waals surface area contributed by atoms with Gasteiger partial charge in [-0.1, -0.05) is 6.92 Å². The van der Waals surface area contributed by atoms with Gasteiger partial charge in [0.1, 0.15) is 11.7 Å². The fourth-order valence-corrected chi connectivity index (χ4v) is 1.22. The number of rotatable bonds is 3. The van der Waals surface area contributed by atoms with Gasteiger partial charge in [-0.3, -0.25) is 0 Å². The molecule has 0 saturated heterocycles. The maximum atomic E-state index is 8.95. The maximum absolute atomic E-state index is 8.95. The van der Waals surface area contributed by atoms with Gasteiger partial charge in [0.05, 0.1) is 18.4 Å². The largest absolute Gasteiger partial charge is 0.395 e. The highest BCUT2D eigenvalue weighted by Crippen LogP contribution is 2.13. The van der Waals surface area contributed by atoms with Gasteiger partial charge in [0.25, 0.3) is 0 Å². The highest BCUT2D eigenvalue weighted by atomic mass is 16.3. The van der Waals surface area contributed by atoms with Gasteiger partial charge in [-0.15, -0.1) is 0 Å². The Bertz CT molecular complexity index is 357. The van der Waals surface area contributed by atoms with Gasteiger partial charge in [0.15, 0.2) is 0 Å². The van der Waals surface area contributed by atoms with Crippen molar-refractivity contribution in [3.63, 3.8) is 0 Å². The molecule has 74 valence electrons. The fourth-order valence-electron chi connectivity index (χ4n) is 1.22. The molecular formula is C10H13N3O. The molecule has 1 N–H and O–H groups in total. The van der Waals surface area contributed by atoms with Crippen LogP contribution in [0.25, 0.3) is 0 Å². The zero-order valence-corrected chi connectivity index (χ0v) is 8.36. The Morgan fingerprint density at radius 2 is 2.29 bits per heavy atom. The highest BCUT2D eigenvalue weighted by Gasteiger charge is 2.12. The quantitative estimate of drug-likeness (QED) is 0.772. The number of nitrogens with zero attached hydrogens (tertiary/aromatic N) is 3. The topological polar surface area (TPSA) is 69.8 Å². The lowest BCUT2D eigenvalue weighted by molar-refractivity contribution is 0.284. The molecule has 0 fully saturated rings. The molecule has 14 heavy (non-hydrogen) atoms. The zero-order valence-electron chi connectivity index (χ0n) is 8.36. The highest BCUT2D eigenvalue weighted by molar-refractivity contribution is 5.20. The van der Waals surface area contributed by atoms with Crippen molar-refractivity contribution < 1.29 is 5.11 Å². The predicted octanol–water partition coefficient (Wildman–Crippen LogP) is 0.947. The Hall–Kier alpha value is -1.47. The van der Waals surface area contributed by atoms with Crippen molar-refractivity contribution in [3.8, 4) is 6.07 Å². The van der Waals surface area contributed by atoms with E-state index in [1.807, 2.05) is 13.0 Å². The van der Waals surface area contributed by atoms with Crippen LogP contribution in [-0.2, 0) is 6.42 Å². The van der Waals surface area contributed by atoms with Crippen LogP contribution in [0.5, 0.6) is 0 Å². The van der Waals surface area contributed by atoms with Crippen LogP contribution in [0.1, 0.15) is 30.1 Å². The van der Waals surface area contributed by atoms with Crippen molar-refractivity contribution >= 4 is 0 Å². The molecule has 1 atom stereocenters. The second-order valence-electron chi connectivity index (χ2n) is 3.05. The van der Waals surface area contributed by atoms with Gasteiger partial charge in [0, 0.05) is 5.69 Å². The lowest BCUT2D eigenvalue weighted by atomic mass is 10.1. The molecule has 0 amide bonds. The zero-order chi connectivity index (χ0) is 10.6. The molecule has 0 saturated carbocycles. The summed E-state index contributed by atoms with van der Waals surface area (Å²) in [5, 5.41) is 17.7. The van der Waals surface area contributed by atoms with Crippen molar-refractivity contribution in [2.75, 3.05) is 6.61 Å². The Balaban J connectivity index is 3.09. The molecule has 4 heteroatoms. The minimum atomic E-state index is -0.540.